The van der Waals surface area contributed by atoms with Crippen molar-refractivity contribution in [3.8, 4) is 0 Å². The molecule has 0 radical (unpaired) electrons. The first-order valence-corrected chi connectivity index (χ1v) is 12.9. The van der Waals surface area contributed by atoms with Gasteiger partial charge < -0.3 is 24.3 Å². The number of imidazole rings is 1. The summed E-state index contributed by atoms with van der Waals surface area (Å²) in [4.78, 5) is 24.9. The molecule has 0 saturated carbocycles. The van der Waals surface area contributed by atoms with Crippen LogP contribution in [-0.2, 0) is 23.7 Å². The number of anilines is 1. The first-order chi connectivity index (χ1) is 15.9. The minimum absolute atomic E-state index is 0.0664. The van der Waals surface area contributed by atoms with Gasteiger partial charge in [-0.25, -0.2) is 15.0 Å². The fraction of sp³-hybridized carbons (Fsp3) is 0.727. The standard InChI is InChI=1S/C22H33N5O5S/c1-5-29-15(28)9-7-6-8-10-23-19-16-20(25-12-24-19)27(13-26-16)21-18-17(14(30-21)11-33-4)31-22(2,3)32-18/h12-14,17-18,21H,5-11H2,1-4H3,(H,23,24,25)/t14-,17-,18-,21-/m1/s1. The zero-order valence-electron chi connectivity index (χ0n) is 19.7. The van der Waals surface area contributed by atoms with Crippen LogP contribution in [-0.4, -0.2) is 74.7 Å². The molecular weight excluding hydrogens is 446 g/mol. The van der Waals surface area contributed by atoms with Crippen molar-refractivity contribution in [1.82, 2.24) is 19.5 Å². The smallest absolute Gasteiger partial charge is 0.305 e. The number of hydrogen-bond donors (Lipinski definition) is 1. The number of nitrogens with zero attached hydrogens (tertiary/aromatic N) is 4. The van der Waals surface area contributed by atoms with Gasteiger partial charge in [0.15, 0.2) is 29.0 Å². The molecule has 4 rings (SSSR count). The lowest BCUT2D eigenvalue weighted by atomic mass is 10.1. The molecule has 0 unspecified atom stereocenters. The second-order valence-corrected chi connectivity index (χ2v) is 9.58. The molecule has 2 saturated heterocycles. The molecule has 33 heavy (non-hydrogen) atoms. The van der Waals surface area contributed by atoms with Crippen LogP contribution in [0.3, 0.4) is 0 Å². The first-order valence-electron chi connectivity index (χ1n) is 11.5. The summed E-state index contributed by atoms with van der Waals surface area (Å²) in [5, 5.41) is 3.35. The van der Waals surface area contributed by atoms with Crippen LogP contribution in [0.4, 0.5) is 5.82 Å². The van der Waals surface area contributed by atoms with E-state index in [0.29, 0.717) is 30.0 Å². The fourth-order valence-corrected chi connectivity index (χ4v) is 4.96. The normalized spacial score (nSPS) is 25.9. The minimum atomic E-state index is -0.653. The van der Waals surface area contributed by atoms with Gasteiger partial charge in [-0.2, -0.15) is 11.8 Å². The van der Waals surface area contributed by atoms with E-state index in [-0.39, 0.29) is 30.5 Å². The molecule has 2 aromatic rings. The van der Waals surface area contributed by atoms with Crippen LogP contribution in [0.2, 0.25) is 0 Å². The molecule has 182 valence electrons. The van der Waals surface area contributed by atoms with Crippen LogP contribution in [0, 0.1) is 0 Å². The Morgan fingerprint density at radius 3 is 2.82 bits per heavy atom. The molecular formula is C22H33N5O5S. The second-order valence-electron chi connectivity index (χ2n) is 8.67. The van der Waals surface area contributed by atoms with Crippen molar-refractivity contribution in [2.24, 2.45) is 0 Å². The molecule has 2 aliphatic heterocycles. The van der Waals surface area contributed by atoms with E-state index >= 15 is 0 Å². The van der Waals surface area contributed by atoms with Crippen LogP contribution in [0.1, 0.15) is 52.7 Å². The fourth-order valence-electron chi connectivity index (χ4n) is 4.36. The number of unbranched alkanes of at least 4 members (excludes halogenated alkanes) is 2. The van der Waals surface area contributed by atoms with E-state index in [1.165, 1.54) is 6.33 Å². The van der Waals surface area contributed by atoms with Gasteiger partial charge >= 0.3 is 5.97 Å². The third kappa shape index (κ3) is 5.42. The van der Waals surface area contributed by atoms with Crippen LogP contribution in [0.15, 0.2) is 12.7 Å². The Bertz CT molecular complexity index is 954. The van der Waals surface area contributed by atoms with Gasteiger partial charge in [-0.15, -0.1) is 0 Å². The largest absolute Gasteiger partial charge is 0.466 e. The number of rotatable bonds is 11. The Balaban J connectivity index is 1.41. The number of carbonyl (C=O) groups is 1. The van der Waals surface area contributed by atoms with Crippen molar-refractivity contribution in [2.45, 2.75) is 76.8 Å². The van der Waals surface area contributed by atoms with E-state index in [2.05, 4.69) is 26.5 Å². The third-order valence-corrected chi connectivity index (χ3v) is 6.41. The van der Waals surface area contributed by atoms with Crippen molar-refractivity contribution in [3.05, 3.63) is 12.7 Å². The Hall–Kier alpha value is -1.95. The van der Waals surface area contributed by atoms with Gasteiger partial charge in [-0.3, -0.25) is 9.36 Å². The monoisotopic (exact) mass is 479 g/mol. The van der Waals surface area contributed by atoms with Crippen molar-refractivity contribution < 1.29 is 23.7 Å². The van der Waals surface area contributed by atoms with Gasteiger partial charge in [0.25, 0.3) is 0 Å². The predicted molar refractivity (Wildman–Crippen MR) is 125 cm³/mol. The maximum atomic E-state index is 11.4. The third-order valence-electron chi connectivity index (χ3n) is 5.74. The van der Waals surface area contributed by atoms with Crippen LogP contribution < -0.4 is 5.32 Å². The summed E-state index contributed by atoms with van der Waals surface area (Å²) in [6.45, 7) is 6.84. The van der Waals surface area contributed by atoms with Crippen molar-refractivity contribution in [1.29, 1.82) is 0 Å². The van der Waals surface area contributed by atoms with Gasteiger partial charge in [0.05, 0.1) is 19.0 Å². The number of carbonyl (C=O) groups excluding carboxylic acids is 1. The van der Waals surface area contributed by atoms with Gasteiger partial charge in [-0.05, 0) is 39.9 Å². The Morgan fingerprint density at radius 1 is 1.21 bits per heavy atom. The zero-order valence-corrected chi connectivity index (χ0v) is 20.5. The van der Waals surface area contributed by atoms with E-state index in [4.69, 9.17) is 18.9 Å². The Morgan fingerprint density at radius 2 is 2.03 bits per heavy atom. The highest BCUT2D eigenvalue weighted by Crippen LogP contribution is 2.44. The van der Waals surface area contributed by atoms with Gasteiger partial charge in [0.1, 0.15) is 18.5 Å². The lowest BCUT2D eigenvalue weighted by Crippen LogP contribution is -2.31. The van der Waals surface area contributed by atoms with Gasteiger partial charge in [0.2, 0.25) is 0 Å². The van der Waals surface area contributed by atoms with Crippen LogP contribution in [0.25, 0.3) is 11.2 Å². The van der Waals surface area contributed by atoms with Crippen LogP contribution in [0.5, 0.6) is 0 Å². The number of aromatic nitrogens is 4. The topological polar surface area (TPSA) is 110 Å². The highest BCUT2D eigenvalue weighted by molar-refractivity contribution is 7.98. The number of esters is 1. The molecule has 1 N–H and O–H groups in total. The number of hydrogen-bond acceptors (Lipinski definition) is 10. The second kappa shape index (κ2) is 10.5. The number of ether oxygens (including phenoxy) is 4. The molecule has 0 amide bonds. The van der Waals surface area contributed by atoms with Crippen molar-refractivity contribution >= 4 is 34.7 Å². The molecule has 4 heterocycles. The summed E-state index contributed by atoms with van der Waals surface area (Å²) in [6.07, 6.45) is 7.63. The molecule has 2 fully saturated rings. The van der Waals surface area contributed by atoms with E-state index in [1.54, 1.807) is 18.1 Å². The summed E-state index contributed by atoms with van der Waals surface area (Å²) >= 11 is 1.73. The quantitative estimate of drug-likeness (QED) is 0.381. The average Bonchev–Trinajstić information content (AvgIpc) is 3.43. The predicted octanol–water partition coefficient (Wildman–Crippen LogP) is 3.14. The molecule has 0 aromatic carbocycles. The number of fused-ring (bicyclic) bond motifs is 2. The Kier molecular flexibility index (Phi) is 7.72. The molecule has 4 atom stereocenters. The molecule has 10 nitrogen and oxygen atoms in total. The molecule has 0 bridgehead atoms. The van der Waals surface area contributed by atoms with E-state index in [1.807, 2.05) is 25.3 Å². The summed E-state index contributed by atoms with van der Waals surface area (Å²) < 4.78 is 25.6. The molecule has 2 aromatic heterocycles. The zero-order chi connectivity index (χ0) is 23.4. The first kappa shape index (κ1) is 24.2. The molecule has 11 heteroatoms. The molecule has 0 aliphatic carbocycles. The van der Waals surface area contributed by atoms with Crippen LogP contribution >= 0.6 is 11.8 Å². The highest BCUT2D eigenvalue weighted by Gasteiger charge is 2.55. The van der Waals surface area contributed by atoms with Crippen molar-refractivity contribution in [3.63, 3.8) is 0 Å². The lowest BCUT2D eigenvalue weighted by molar-refractivity contribution is -0.193. The maximum absolute atomic E-state index is 11.4. The number of nitrogens with one attached hydrogen (secondary N) is 1. The average molecular weight is 480 g/mol. The highest BCUT2D eigenvalue weighted by atomic mass is 32.2. The minimum Gasteiger partial charge on any atom is -0.466 e. The van der Waals surface area contributed by atoms with Gasteiger partial charge in [0, 0.05) is 18.7 Å². The van der Waals surface area contributed by atoms with Gasteiger partial charge in [-0.1, -0.05) is 6.42 Å². The SMILES string of the molecule is CCOC(=O)CCCCCNc1ncnc2c1ncn2[C@@H]1O[C@H](CSC)[C@H]2OC(C)(C)O[C@H]21. The summed E-state index contributed by atoms with van der Waals surface area (Å²) in [6, 6.07) is 0. The molecule has 0 spiro atoms. The summed E-state index contributed by atoms with van der Waals surface area (Å²) in [5.41, 5.74) is 1.38. The van der Waals surface area contributed by atoms with E-state index in [9.17, 15) is 4.79 Å². The van der Waals surface area contributed by atoms with E-state index in [0.717, 1.165) is 31.6 Å². The van der Waals surface area contributed by atoms with Crippen molar-refractivity contribution in [2.75, 3.05) is 30.5 Å². The summed E-state index contributed by atoms with van der Waals surface area (Å²) in [5.74, 6) is 0.717. The molecule has 2 aliphatic rings. The maximum Gasteiger partial charge on any atom is 0.305 e. The number of thioether (sulfide) groups is 1. The Labute approximate surface area is 198 Å². The van der Waals surface area contributed by atoms with E-state index < -0.39 is 5.79 Å². The lowest BCUT2D eigenvalue weighted by Gasteiger charge is -2.24. The summed E-state index contributed by atoms with van der Waals surface area (Å²) in [7, 11) is 0.